The van der Waals surface area contributed by atoms with Gasteiger partial charge in [-0.3, -0.25) is 0 Å². The second kappa shape index (κ2) is 10.8. The van der Waals surface area contributed by atoms with Crippen LogP contribution in [0, 0.1) is 41.5 Å². The Morgan fingerprint density at radius 1 is 0.455 bits per heavy atom. The fourth-order valence-corrected chi connectivity index (χ4v) is 7.26. The van der Waals surface area contributed by atoms with E-state index < -0.39 is 11.9 Å². The predicted molar refractivity (Wildman–Crippen MR) is 180 cm³/mol. The van der Waals surface area contributed by atoms with Crippen LogP contribution in [-0.2, 0) is 0 Å². The molecule has 0 atom stereocenters. The molecule has 218 valence electrons. The van der Waals surface area contributed by atoms with Crippen LogP contribution in [0.4, 0.5) is 0 Å². The number of rotatable bonds is 5. The standard InChI is InChI=1S/C40H34O4/c1-21-15-23(3)33(24(4)16-21)31-19-27-11-7-9-13-29(27)35(37(31)39(41)42)36-30-14-10-8-12-28(30)20-32(38(36)40(43)44)34-25(5)17-22(2)18-26(34)6/h7-20H,1-6H3,(H,41,42)(H,43,44). The third kappa shape index (κ3) is 4.64. The van der Waals surface area contributed by atoms with Crippen LogP contribution in [-0.4, -0.2) is 22.2 Å². The van der Waals surface area contributed by atoms with E-state index >= 15 is 0 Å². The van der Waals surface area contributed by atoms with Crippen LogP contribution in [0.25, 0.3) is 54.9 Å². The molecule has 0 heterocycles. The Balaban J connectivity index is 1.91. The van der Waals surface area contributed by atoms with Crippen molar-refractivity contribution >= 4 is 33.5 Å². The lowest BCUT2D eigenvalue weighted by atomic mass is 9.79. The first-order valence-corrected chi connectivity index (χ1v) is 14.7. The fraction of sp³-hybridized carbons (Fsp3) is 0.150. The second-order valence-electron chi connectivity index (χ2n) is 11.9. The van der Waals surface area contributed by atoms with Crippen LogP contribution in [0.15, 0.2) is 84.9 Å². The zero-order valence-corrected chi connectivity index (χ0v) is 25.8. The molecule has 6 rings (SSSR count). The molecule has 0 saturated carbocycles. The highest BCUT2D eigenvalue weighted by Gasteiger charge is 2.30. The minimum atomic E-state index is -1.10. The van der Waals surface area contributed by atoms with Gasteiger partial charge in [0.1, 0.15) is 0 Å². The quantitative estimate of drug-likeness (QED) is 0.213. The van der Waals surface area contributed by atoms with E-state index in [4.69, 9.17) is 0 Å². The maximum Gasteiger partial charge on any atom is 0.336 e. The number of carboxylic acid groups (broad SMARTS) is 2. The van der Waals surface area contributed by atoms with Gasteiger partial charge >= 0.3 is 11.9 Å². The van der Waals surface area contributed by atoms with Gasteiger partial charge in [0, 0.05) is 11.1 Å². The maximum absolute atomic E-state index is 13.5. The summed E-state index contributed by atoms with van der Waals surface area (Å²) in [6, 6.07) is 27.4. The topological polar surface area (TPSA) is 74.6 Å². The number of aryl methyl sites for hydroxylation is 6. The zero-order valence-electron chi connectivity index (χ0n) is 25.8. The van der Waals surface area contributed by atoms with Crippen LogP contribution in [0.1, 0.15) is 54.1 Å². The van der Waals surface area contributed by atoms with Gasteiger partial charge in [-0.2, -0.15) is 0 Å². The van der Waals surface area contributed by atoms with Gasteiger partial charge in [-0.1, -0.05) is 83.9 Å². The van der Waals surface area contributed by atoms with Crippen molar-refractivity contribution in [2.75, 3.05) is 0 Å². The van der Waals surface area contributed by atoms with Crippen LogP contribution >= 0.6 is 0 Å². The minimum Gasteiger partial charge on any atom is -0.478 e. The number of carboxylic acids is 2. The highest BCUT2D eigenvalue weighted by Crippen LogP contribution is 2.47. The molecule has 0 amide bonds. The predicted octanol–water partition coefficient (Wildman–Crippen LogP) is 10.2. The van der Waals surface area contributed by atoms with E-state index in [-0.39, 0.29) is 11.1 Å². The molecule has 0 unspecified atom stereocenters. The molecular weight excluding hydrogens is 544 g/mol. The molecule has 4 nitrogen and oxygen atoms in total. The zero-order chi connectivity index (χ0) is 31.4. The van der Waals surface area contributed by atoms with Gasteiger partial charge in [0.15, 0.2) is 0 Å². The summed E-state index contributed by atoms with van der Waals surface area (Å²) in [6.07, 6.45) is 0. The molecule has 0 bridgehead atoms. The van der Waals surface area contributed by atoms with Crippen LogP contribution in [0.2, 0.25) is 0 Å². The van der Waals surface area contributed by atoms with Gasteiger partial charge in [-0.15, -0.1) is 0 Å². The first-order chi connectivity index (χ1) is 21.0. The summed E-state index contributed by atoms with van der Waals surface area (Å²) in [4.78, 5) is 27.0. The Hall–Kier alpha value is -5.22. The average Bonchev–Trinajstić information content (AvgIpc) is 2.94. The van der Waals surface area contributed by atoms with Crippen molar-refractivity contribution in [3.05, 3.63) is 129 Å². The highest BCUT2D eigenvalue weighted by molar-refractivity contribution is 6.22. The molecule has 0 aliphatic carbocycles. The van der Waals surface area contributed by atoms with Crippen LogP contribution < -0.4 is 0 Å². The van der Waals surface area contributed by atoms with Crippen molar-refractivity contribution in [1.82, 2.24) is 0 Å². The van der Waals surface area contributed by atoms with Crippen molar-refractivity contribution < 1.29 is 19.8 Å². The van der Waals surface area contributed by atoms with E-state index in [2.05, 4.69) is 24.3 Å². The van der Waals surface area contributed by atoms with Crippen molar-refractivity contribution in [2.24, 2.45) is 0 Å². The van der Waals surface area contributed by atoms with Crippen LogP contribution in [0.5, 0.6) is 0 Å². The molecular formula is C40H34O4. The summed E-state index contributed by atoms with van der Waals surface area (Å²) < 4.78 is 0. The Bertz CT molecular complexity index is 1980. The summed E-state index contributed by atoms with van der Waals surface area (Å²) in [5.41, 5.74) is 9.95. The highest BCUT2D eigenvalue weighted by atomic mass is 16.4. The van der Waals surface area contributed by atoms with Gasteiger partial charge < -0.3 is 10.2 Å². The lowest BCUT2D eigenvalue weighted by molar-refractivity contribution is 0.0685. The first kappa shape index (κ1) is 28.9. The molecule has 0 spiro atoms. The number of carbonyl (C=O) groups is 2. The van der Waals surface area contributed by atoms with E-state index in [0.717, 1.165) is 55.3 Å². The van der Waals surface area contributed by atoms with Gasteiger partial charge in [0.2, 0.25) is 0 Å². The van der Waals surface area contributed by atoms with E-state index in [0.29, 0.717) is 33.0 Å². The summed E-state index contributed by atoms with van der Waals surface area (Å²) in [5.74, 6) is -2.21. The first-order valence-electron chi connectivity index (χ1n) is 14.7. The summed E-state index contributed by atoms with van der Waals surface area (Å²) in [5, 5.41) is 25.1. The number of benzene rings is 6. The fourth-order valence-electron chi connectivity index (χ4n) is 7.26. The molecule has 0 aliphatic rings. The molecule has 44 heavy (non-hydrogen) atoms. The lowest BCUT2D eigenvalue weighted by Crippen LogP contribution is -2.10. The molecule has 0 aromatic heterocycles. The number of hydrogen-bond donors (Lipinski definition) is 2. The molecule has 6 aromatic rings. The van der Waals surface area contributed by atoms with Crippen LogP contribution in [0.3, 0.4) is 0 Å². The van der Waals surface area contributed by atoms with E-state index in [1.807, 2.05) is 102 Å². The van der Waals surface area contributed by atoms with Gasteiger partial charge in [0.05, 0.1) is 11.1 Å². The second-order valence-corrected chi connectivity index (χ2v) is 11.9. The Labute approximate surface area is 257 Å². The third-order valence-electron chi connectivity index (χ3n) is 8.67. The number of fused-ring (bicyclic) bond motifs is 2. The third-order valence-corrected chi connectivity index (χ3v) is 8.67. The molecule has 4 heteroatoms. The van der Waals surface area contributed by atoms with Crippen molar-refractivity contribution in [3.8, 4) is 33.4 Å². The molecule has 0 saturated heterocycles. The summed E-state index contributed by atoms with van der Waals surface area (Å²) in [6.45, 7) is 12.0. The molecule has 0 radical (unpaired) electrons. The summed E-state index contributed by atoms with van der Waals surface area (Å²) in [7, 11) is 0. The Morgan fingerprint density at radius 2 is 0.773 bits per heavy atom. The van der Waals surface area contributed by atoms with Crippen molar-refractivity contribution in [1.29, 1.82) is 0 Å². The van der Waals surface area contributed by atoms with Crippen molar-refractivity contribution in [3.63, 3.8) is 0 Å². The normalized spacial score (nSPS) is 11.3. The largest absolute Gasteiger partial charge is 0.478 e. The van der Waals surface area contributed by atoms with Gasteiger partial charge in [-0.25, -0.2) is 9.59 Å². The Morgan fingerprint density at radius 3 is 1.09 bits per heavy atom. The molecule has 0 aliphatic heterocycles. The molecule has 0 fully saturated rings. The number of aromatic carboxylic acids is 2. The maximum atomic E-state index is 13.5. The number of hydrogen-bond acceptors (Lipinski definition) is 2. The lowest BCUT2D eigenvalue weighted by Gasteiger charge is -2.23. The van der Waals surface area contributed by atoms with E-state index in [1.165, 1.54) is 0 Å². The molecule has 2 N–H and O–H groups in total. The minimum absolute atomic E-state index is 0.0981. The van der Waals surface area contributed by atoms with E-state index in [1.54, 1.807) is 0 Å². The molecule has 6 aromatic carbocycles. The monoisotopic (exact) mass is 578 g/mol. The SMILES string of the molecule is Cc1cc(C)c(-c2cc3ccccc3c(-c3c(C(=O)O)c(-c4c(C)cc(C)cc4C)cc4ccccc34)c2C(=O)O)c(C)c1. The Kier molecular flexibility index (Phi) is 7.09. The van der Waals surface area contributed by atoms with Gasteiger partial charge in [0.25, 0.3) is 0 Å². The van der Waals surface area contributed by atoms with Crippen molar-refractivity contribution in [2.45, 2.75) is 41.5 Å². The van der Waals surface area contributed by atoms with E-state index in [9.17, 15) is 19.8 Å². The smallest absolute Gasteiger partial charge is 0.336 e. The average molecular weight is 579 g/mol. The summed E-state index contributed by atoms with van der Waals surface area (Å²) >= 11 is 0. The van der Waals surface area contributed by atoms with Gasteiger partial charge in [-0.05, 0) is 120 Å².